The number of aryl methyl sites for hydroxylation is 1. The second-order valence-electron chi connectivity index (χ2n) is 10.1. The maximum absolute atomic E-state index is 12.2. The number of hydrogen-bond acceptors (Lipinski definition) is 12. The minimum Gasteiger partial charge on any atom is -0.388 e. The summed E-state index contributed by atoms with van der Waals surface area (Å²) in [5.41, 5.74) is 1.37. The highest BCUT2D eigenvalue weighted by Crippen LogP contribution is 2.45. The minimum absolute atomic E-state index is 0.0108. The van der Waals surface area contributed by atoms with Gasteiger partial charge in [0.25, 0.3) is 0 Å². The first-order valence-corrected chi connectivity index (χ1v) is 15.5. The first-order valence-electron chi connectivity index (χ1n) is 12.9. The van der Waals surface area contributed by atoms with E-state index in [2.05, 4.69) is 25.6 Å². The molecule has 206 valence electrons. The van der Waals surface area contributed by atoms with Crippen molar-refractivity contribution in [2.24, 2.45) is 5.92 Å². The number of rotatable bonds is 11. The molecule has 0 amide bonds. The molecule has 0 spiro atoms. The van der Waals surface area contributed by atoms with Gasteiger partial charge in [0.2, 0.25) is 5.95 Å². The molecule has 0 radical (unpaired) electrons. The molecule has 13 heteroatoms. The Kier molecular flexibility index (Phi) is 7.57. The molecule has 5 rings (SSSR count). The summed E-state index contributed by atoms with van der Waals surface area (Å²) in [6.07, 6.45) is 3.26. The highest BCUT2D eigenvalue weighted by atomic mass is 32.2. The largest absolute Gasteiger partial charge is 0.388 e. The Hall–Kier alpha value is -2.45. The van der Waals surface area contributed by atoms with Crippen molar-refractivity contribution >= 4 is 43.2 Å². The summed E-state index contributed by atoms with van der Waals surface area (Å²) >= 11 is 1.50. The van der Waals surface area contributed by atoms with Crippen LogP contribution in [0.4, 0.5) is 11.8 Å². The molecular weight excluding hydrogens is 528 g/mol. The van der Waals surface area contributed by atoms with Crippen molar-refractivity contribution in [2.75, 3.05) is 42.4 Å². The first-order chi connectivity index (χ1) is 18.1. The molecule has 4 N–H and O–H groups in total. The van der Waals surface area contributed by atoms with Gasteiger partial charge in [0, 0.05) is 37.4 Å². The predicted molar refractivity (Wildman–Crippen MR) is 147 cm³/mol. The van der Waals surface area contributed by atoms with Gasteiger partial charge >= 0.3 is 0 Å². The molecule has 0 aromatic carbocycles. The Labute approximate surface area is 226 Å². The molecular formula is C25H34N6O5S2. The molecule has 3 unspecified atom stereocenters. The van der Waals surface area contributed by atoms with E-state index in [1.54, 1.807) is 14.0 Å². The number of hydrogen-bond donors (Lipinski definition) is 4. The molecule has 2 aliphatic rings. The van der Waals surface area contributed by atoms with Gasteiger partial charge < -0.3 is 25.6 Å². The van der Waals surface area contributed by atoms with Gasteiger partial charge in [-0.3, -0.25) is 4.98 Å². The highest BCUT2D eigenvalue weighted by molar-refractivity contribution is 7.91. The smallest absolute Gasteiger partial charge is 0.224 e. The number of pyridine rings is 1. The van der Waals surface area contributed by atoms with E-state index in [1.165, 1.54) is 11.3 Å². The average Bonchev–Trinajstić information content (AvgIpc) is 3.58. The van der Waals surface area contributed by atoms with Crippen molar-refractivity contribution in [3.05, 3.63) is 23.7 Å². The normalized spacial score (nSPS) is 23.7. The number of methoxy groups -OCH3 is 1. The summed E-state index contributed by atoms with van der Waals surface area (Å²) in [5, 5.41) is 29.4. The number of nitrogens with one attached hydrogen (secondary N) is 2. The van der Waals surface area contributed by atoms with E-state index >= 15 is 0 Å². The standard InChI is InChI=1S/C25H34N6O5S2/c1-4-38(34,35)13-16-7-9-25(33,21(16)32)31-22-18(14(2)28-24(30-22)27-11-12-36-3)23-29-20-17(37-23)8-10-26-19(20)15-5-6-15/h8,10,15-16,21,32-33H,4-7,9,11-13H2,1-3H3,(H2,27,28,30,31). The topological polar surface area (TPSA) is 159 Å². The van der Waals surface area contributed by atoms with Gasteiger partial charge in [0.05, 0.1) is 34.0 Å². The van der Waals surface area contributed by atoms with E-state index in [4.69, 9.17) is 9.72 Å². The fourth-order valence-corrected chi connectivity index (χ4v) is 7.27. The minimum atomic E-state index is -3.32. The quantitative estimate of drug-likeness (QED) is 0.201. The van der Waals surface area contributed by atoms with Crippen LogP contribution in [-0.4, -0.2) is 82.2 Å². The van der Waals surface area contributed by atoms with Crippen LogP contribution in [0.5, 0.6) is 0 Å². The number of aromatic nitrogens is 4. The van der Waals surface area contributed by atoms with Crippen LogP contribution in [0.15, 0.2) is 12.3 Å². The molecule has 0 bridgehead atoms. The summed E-state index contributed by atoms with van der Waals surface area (Å²) in [6.45, 7) is 4.37. The maximum Gasteiger partial charge on any atom is 0.224 e. The van der Waals surface area contributed by atoms with Crippen LogP contribution in [0, 0.1) is 12.8 Å². The first kappa shape index (κ1) is 27.1. The third-order valence-electron chi connectivity index (χ3n) is 7.27. The lowest BCUT2D eigenvalue weighted by Crippen LogP contribution is -2.48. The van der Waals surface area contributed by atoms with Crippen molar-refractivity contribution in [1.82, 2.24) is 19.9 Å². The molecule has 3 aromatic heterocycles. The van der Waals surface area contributed by atoms with Gasteiger partial charge in [0.15, 0.2) is 5.72 Å². The number of ether oxygens (including phenoxy) is 1. The van der Waals surface area contributed by atoms with Crippen LogP contribution in [0.1, 0.15) is 49.9 Å². The molecule has 0 aliphatic heterocycles. The lowest BCUT2D eigenvalue weighted by atomic mass is 10.0. The zero-order chi connectivity index (χ0) is 27.1. The molecule has 2 saturated carbocycles. The lowest BCUT2D eigenvalue weighted by Gasteiger charge is -2.31. The highest BCUT2D eigenvalue weighted by Gasteiger charge is 2.48. The van der Waals surface area contributed by atoms with Crippen LogP contribution in [0.2, 0.25) is 0 Å². The average molecular weight is 563 g/mol. The van der Waals surface area contributed by atoms with E-state index in [9.17, 15) is 18.6 Å². The maximum atomic E-state index is 12.2. The van der Waals surface area contributed by atoms with Crippen molar-refractivity contribution in [2.45, 2.75) is 57.3 Å². The number of aliphatic hydroxyl groups is 2. The third kappa shape index (κ3) is 5.48. The summed E-state index contributed by atoms with van der Waals surface area (Å²) in [7, 11) is -1.71. The molecule has 3 heterocycles. The third-order valence-corrected chi connectivity index (χ3v) is 10.1. The monoisotopic (exact) mass is 562 g/mol. The van der Waals surface area contributed by atoms with Crippen LogP contribution in [0.25, 0.3) is 20.8 Å². The summed E-state index contributed by atoms with van der Waals surface area (Å²) in [6, 6.07) is 1.94. The number of fused-ring (bicyclic) bond motifs is 1. The molecule has 38 heavy (non-hydrogen) atoms. The van der Waals surface area contributed by atoms with Crippen LogP contribution < -0.4 is 10.6 Å². The van der Waals surface area contributed by atoms with Gasteiger partial charge in [-0.25, -0.2) is 18.4 Å². The van der Waals surface area contributed by atoms with Crippen molar-refractivity contribution in [3.63, 3.8) is 0 Å². The van der Waals surface area contributed by atoms with Crippen molar-refractivity contribution < 1.29 is 23.4 Å². The number of anilines is 2. The number of aliphatic hydroxyl groups excluding tert-OH is 1. The number of nitrogens with zero attached hydrogens (tertiary/aromatic N) is 4. The molecule has 3 aromatic rings. The van der Waals surface area contributed by atoms with Crippen molar-refractivity contribution in [3.8, 4) is 10.6 Å². The fourth-order valence-electron chi connectivity index (χ4n) is 4.96. The van der Waals surface area contributed by atoms with E-state index in [0.717, 1.165) is 28.8 Å². The van der Waals surface area contributed by atoms with Crippen LogP contribution in [-0.2, 0) is 14.6 Å². The zero-order valence-corrected chi connectivity index (χ0v) is 23.4. The zero-order valence-electron chi connectivity index (χ0n) is 21.8. The van der Waals surface area contributed by atoms with Gasteiger partial charge in [-0.2, -0.15) is 4.98 Å². The second kappa shape index (κ2) is 10.6. The van der Waals surface area contributed by atoms with Crippen molar-refractivity contribution in [1.29, 1.82) is 0 Å². The molecule has 2 aliphatic carbocycles. The predicted octanol–water partition coefficient (Wildman–Crippen LogP) is 2.70. The number of sulfone groups is 1. The van der Waals surface area contributed by atoms with Crippen LogP contribution >= 0.6 is 11.3 Å². The van der Waals surface area contributed by atoms with Crippen LogP contribution in [0.3, 0.4) is 0 Å². The molecule has 2 fully saturated rings. The number of thiazole rings is 1. The molecule has 3 atom stereocenters. The fraction of sp³-hybridized carbons (Fsp3) is 0.600. The Morgan fingerprint density at radius 3 is 2.74 bits per heavy atom. The van der Waals surface area contributed by atoms with E-state index < -0.39 is 27.6 Å². The van der Waals surface area contributed by atoms with E-state index in [1.807, 2.05) is 19.2 Å². The van der Waals surface area contributed by atoms with E-state index in [0.29, 0.717) is 53.5 Å². The van der Waals surface area contributed by atoms with E-state index in [-0.39, 0.29) is 17.9 Å². The van der Waals surface area contributed by atoms with Gasteiger partial charge in [-0.1, -0.05) is 6.92 Å². The lowest BCUT2D eigenvalue weighted by molar-refractivity contribution is -0.0442. The summed E-state index contributed by atoms with van der Waals surface area (Å²) < 4.78 is 30.6. The SMILES string of the molecule is CCS(=O)(=O)CC1CCC(O)(Nc2nc(NCCOC)nc(C)c2-c2nc3c(C4CC4)nccc3s2)C1O. The molecule has 0 saturated heterocycles. The Bertz CT molecular complexity index is 1430. The van der Waals surface area contributed by atoms with Gasteiger partial charge in [-0.15, -0.1) is 11.3 Å². The Morgan fingerprint density at radius 2 is 2.03 bits per heavy atom. The molecule has 11 nitrogen and oxygen atoms in total. The Balaban J connectivity index is 1.53. The summed E-state index contributed by atoms with van der Waals surface area (Å²) in [4.78, 5) is 18.8. The van der Waals surface area contributed by atoms with Gasteiger partial charge in [-0.05, 0) is 38.7 Å². The van der Waals surface area contributed by atoms with Gasteiger partial charge in [0.1, 0.15) is 32.3 Å². The summed E-state index contributed by atoms with van der Waals surface area (Å²) in [5.74, 6) is 0.317. The Morgan fingerprint density at radius 1 is 1.24 bits per heavy atom. The second-order valence-corrected chi connectivity index (χ2v) is 13.5.